The molecule has 2 saturated carbocycles. The summed E-state index contributed by atoms with van der Waals surface area (Å²) in [6, 6.07) is 8.19. The lowest BCUT2D eigenvalue weighted by Crippen LogP contribution is -2.43. The van der Waals surface area contributed by atoms with Crippen LogP contribution in [0.5, 0.6) is 0 Å². The van der Waals surface area contributed by atoms with Gasteiger partial charge in [-0.25, -0.2) is 8.78 Å². The summed E-state index contributed by atoms with van der Waals surface area (Å²) in [4.78, 5) is 13.4. The van der Waals surface area contributed by atoms with Crippen molar-refractivity contribution in [2.75, 3.05) is 37.8 Å². The molecule has 5 atom stereocenters. The average molecular weight is 690 g/mol. The third-order valence-corrected chi connectivity index (χ3v) is 12.7. The number of fused-ring (bicyclic) bond motifs is 5. The summed E-state index contributed by atoms with van der Waals surface area (Å²) in [5.74, 6) is -0.795. The van der Waals surface area contributed by atoms with E-state index in [4.69, 9.17) is 15.3 Å². The normalized spacial score (nSPS) is 26.0. The highest BCUT2D eigenvalue weighted by Crippen LogP contribution is 2.59. The van der Waals surface area contributed by atoms with E-state index in [1.807, 2.05) is 0 Å². The fourth-order valence-corrected chi connectivity index (χ4v) is 8.24. The number of hydrogen-bond donors (Lipinski definition) is 3. The predicted molar refractivity (Wildman–Crippen MR) is 204 cm³/mol. The number of carbonyl (C=O) groups is 1. The highest BCUT2D eigenvalue weighted by Gasteiger charge is 2.52. The molecule has 1 aromatic carbocycles. The highest BCUT2D eigenvalue weighted by atomic mass is 32.1. The van der Waals surface area contributed by atoms with Crippen LogP contribution in [0.3, 0.4) is 0 Å². The lowest BCUT2D eigenvalue weighted by atomic mass is 9.55. The van der Waals surface area contributed by atoms with Crippen LogP contribution in [0, 0.1) is 34.0 Å². The van der Waals surface area contributed by atoms with Gasteiger partial charge in [0.05, 0.1) is 0 Å². The van der Waals surface area contributed by atoms with E-state index in [0.29, 0.717) is 24.0 Å². The van der Waals surface area contributed by atoms with Crippen LogP contribution in [0.25, 0.3) is 0 Å². The summed E-state index contributed by atoms with van der Waals surface area (Å²) in [7, 11) is 9.00. The number of rotatable bonds is 8. The van der Waals surface area contributed by atoms with Crippen LogP contribution in [-0.2, 0) is 11.2 Å². The Kier molecular flexibility index (Phi) is 17.0. The van der Waals surface area contributed by atoms with E-state index in [0.717, 1.165) is 35.9 Å². The van der Waals surface area contributed by atoms with E-state index in [1.54, 1.807) is 11.1 Å². The third kappa shape index (κ3) is 11.5. The fourth-order valence-electron chi connectivity index (χ4n) is 8.06. The zero-order valence-electron chi connectivity index (χ0n) is 31.3. The summed E-state index contributed by atoms with van der Waals surface area (Å²) in [6.07, 6.45) is 13.7. The van der Waals surface area contributed by atoms with Gasteiger partial charge in [0.15, 0.2) is 7.85 Å². The maximum atomic E-state index is 12.2. The molecule has 5 nitrogen and oxygen atoms in total. The van der Waals surface area contributed by atoms with Crippen LogP contribution >= 0.6 is 12.6 Å². The van der Waals surface area contributed by atoms with Gasteiger partial charge in [-0.05, 0) is 130 Å². The number of anilines is 1. The Bertz CT molecular complexity index is 1130. The summed E-state index contributed by atoms with van der Waals surface area (Å²) in [6.45, 7) is 15.1. The average Bonchev–Trinajstić information content (AvgIpc) is 3.37. The van der Waals surface area contributed by atoms with Gasteiger partial charge in [-0.3, -0.25) is 4.79 Å². The SMILES string of the molecule is CCC(C)(C)CC.CN(C)C1CCN(c2ccc3c(c2)CCC2C3CCC3(C)C(=N)CCC23)CC1.O=CO.[B]C(F)(F)C(C)CCCS. The standard InChI is InChI=1S/C25H37N3.C7H16.C6H11BF2S.CH2O2/c1-25-13-10-21-20-7-5-19(28-14-11-18(12-15-28)27(2)3)16-17(20)4-6-22(21)23(25)8-9-24(25)26;1-5-7(3,4)6-2;1-5(3-2-4-10)6(7,8)9;2-1-3/h5,7,16,18,21-23,26H,4,6,8-15H2,1-3H3;5-6H2,1-4H3;5,10H,2-4H2,1H3;1H,(H,2,3). The lowest BCUT2D eigenvalue weighted by Gasteiger charge is -2.49. The van der Waals surface area contributed by atoms with Crippen LogP contribution in [-0.4, -0.2) is 74.8 Å². The Morgan fingerprint density at radius 2 is 1.73 bits per heavy atom. The molecule has 5 unspecified atom stereocenters. The minimum absolute atomic E-state index is 0.218. The number of thiol groups is 1. The van der Waals surface area contributed by atoms with Crippen molar-refractivity contribution >= 4 is 38.3 Å². The second-order valence-electron chi connectivity index (χ2n) is 15.9. The van der Waals surface area contributed by atoms with Crippen molar-refractivity contribution in [2.24, 2.45) is 28.6 Å². The van der Waals surface area contributed by atoms with Gasteiger partial charge >= 0.3 is 0 Å². The van der Waals surface area contributed by atoms with Gasteiger partial charge in [0.2, 0.25) is 5.82 Å². The minimum Gasteiger partial charge on any atom is -0.483 e. The van der Waals surface area contributed by atoms with Crippen molar-refractivity contribution in [1.82, 2.24) is 4.90 Å². The van der Waals surface area contributed by atoms with Crippen molar-refractivity contribution in [3.8, 4) is 0 Å². The zero-order chi connectivity index (χ0) is 36.3. The first kappa shape index (κ1) is 42.6. The third-order valence-electron chi connectivity index (χ3n) is 12.4. The molecule has 3 aliphatic carbocycles. The molecule has 0 bridgehead atoms. The molecular weight excluding hydrogens is 623 g/mol. The molecule has 1 aliphatic heterocycles. The number of nitrogens with zero attached hydrogens (tertiary/aromatic N) is 2. The number of nitrogens with one attached hydrogen (secondary N) is 1. The van der Waals surface area contributed by atoms with E-state index in [-0.39, 0.29) is 11.9 Å². The maximum Gasteiger partial charge on any atom is 0.290 e. The van der Waals surface area contributed by atoms with Gasteiger partial charge in [0.25, 0.3) is 6.47 Å². The molecule has 9 heteroatoms. The van der Waals surface area contributed by atoms with Gasteiger partial charge in [-0.15, -0.1) is 0 Å². The molecule has 0 amide bonds. The van der Waals surface area contributed by atoms with Gasteiger partial charge < -0.3 is 20.3 Å². The van der Waals surface area contributed by atoms with Gasteiger partial charge in [0.1, 0.15) is 0 Å². The molecular formula is C39H66BF2N3O2S. The molecule has 2 N–H and O–H groups in total. The zero-order valence-corrected chi connectivity index (χ0v) is 32.2. The monoisotopic (exact) mass is 689 g/mol. The number of halogens is 2. The predicted octanol–water partition coefficient (Wildman–Crippen LogP) is 9.72. The van der Waals surface area contributed by atoms with E-state index in [2.05, 4.69) is 97.2 Å². The Labute approximate surface area is 298 Å². The smallest absolute Gasteiger partial charge is 0.290 e. The maximum absolute atomic E-state index is 12.2. The number of aryl methyl sites for hydroxylation is 1. The van der Waals surface area contributed by atoms with Gasteiger partial charge in [-0.1, -0.05) is 60.5 Å². The highest BCUT2D eigenvalue weighted by molar-refractivity contribution is 7.80. The van der Waals surface area contributed by atoms with Crippen LogP contribution in [0.4, 0.5) is 14.5 Å². The number of carboxylic acid groups (broad SMARTS) is 1. The van der Waals surface area contributed by atoms with Gasteiger partial charge in [0, 0.05) is 41.9 Å². The lowest BCUT2D eigenvalue weighted by molar-refractivity contribution is -0.122. The molecule has 48 heavy (non-hydrogen) atoms. The Balaban J connectivity index is 0.000000331. The molecule has 1 heterocycles. The summed E-state index contributed by atoms with van der Waals surface area (Å²) >= 11 is 3.91. The first-order chi connectivity index (χ1) is 22.5. The molecule has 2 radical (unpaired) electrons. The summed E-state index contributed by atoms with van der Waals surface area (Å²) in [5, 5.41) is 15.4. The number of alkyl halides is 2. The van der Waals surface area contributed by atoms with E-state index in [1.165, 1.54) is 83.5 Å². The summed E-state index contributed by atoms with van der Waals surface area (Å²) in [5.41, 5.74) is 6.60. The van der Waals surface area contributed by atoms with Crippen molar-refractivity contribution in [2.45, 2.75) is 136 Å². The van der Waals surface area contributed by atoms with Crippen LogP contribution < -0.4 is 4.90 Å². The first-order valence-electron chi connectivity index (χ1n) is 18.5. The minimum atomic E-state index is -3.02. The van der Waals surface area contributed by atoms with Crippen molar-refractivity contribution in [3.63, 3.8) is 0 Å². The molecule has 1 aromatic rings. The molecule has 1 saturated heterocycles. The Morgan fingerprint density at radius 3 is 2.23 bits per heavy atom. The molecule has 3 fully saturated rings. The van der Waals surface area contributed by atoms with Crippen LogP contribution in [0.2, 0.25) is 0 Å². The molecule has 4 aliphatic rings. The quantitative estimate of drug-likeness (QED) is 0.145. The number of piperidine rings is 1. The Morgan fingerprint density at radius 1 is 1.12 bits per heavy atom. The topological polar surface area (TPSA) is 67.6 Å². The first-order valence-corrected chi connectivity index (χ1v) is 19.1. The fraction of sp³-hybridized carbons (Fsp3) is 0.795. The van der Waals surface area contributed by atoms with Crippen LogP contribution in [0.1, 0.15) is 129 Å². The molecule has 0 spiro atoms. The molecule has 5 rings (SSSR count). The largest absolute Gasteiger partial charge is 0.483 e. The van der Waals surface area contributed by atoms with E-state index >= 15 is 0 Å². The second kappa shape index (κ2) is 19.1. The number of hydrogen-bond acceptors (Lipinski definition) is 5. The van der Waals surface area contributed by atoms with E-state index < -0.39 is 11.7 Å². The van der Waals surface area contributed by atoms with Crippen molar-refractivity contribution < 1.29 is 18.7 Å². The number of benzene rings is 1. The summed E-state index contributed by atoms with van der Waals surface area (Å²) < 4.78 is 24.4. The molecule has 272 valence electrons. The molecule has 0 aromatic heterocycles. The van der Waals surface area contributed by atoms with Crippen LogP contribution in [0.15, 0.2) is 18.2 Å². The Hall–Kier alpha value is -1.61. The second-order valence-corrected chi connectivity index (χ2v) is 16.3. The van der Waals surface area contributed by atoms with Crippen molar-refractivity contribution in [3.05, 3.63) is 29.3 Å². The van der Waals surface area contributed by atoms with E-state index in [9.17, 15) is 8.78 Å². The van der Waals surface area contributed by atoms with Crippen molar-refractivity contribution in [1.29, 1.82) is 5.41 Å². The van der Waals surface area contributed by atoms with Gasteiger partial charge in [-0.2, -0.15) is 12.6 Å².